The molecule has 0 spiro atoms. The van der Waals surface area contributed by atoms with Gasteiger partial charge >= 0.3 is 0 Å². The van der Waals surface area contributed by atoms with Crippen LogP contribution in [0.3, 0.4) is 0 Å². The number of hydrogen-bond acceptors (Lipinski definition) is 8. The third-order valence-corrected chi connectivity index (χ3v) is 8.08. The van der Waals surface area contributed by atoms with Gasteiger partial charge in [-0.1, -0.05) is 40.6 Å². The molecule has 10 heteroatoms. The van der Waals surface area contributed by atoms with E-state index in [1.807, 2.05) is 49.4 Å². The Morgan fingerprint density at radius 2 is 1.87 bits per heavy atom. The molecule has 0 bridgehead atoms. The van der Waals surface area contributed by atoms with E-state index in [4.69, 9.17) is 37.9 Å². The van der Waals surface area contributed by atoms with Gasteiger partial charge in [0.25, 0.3) is 0 Å². The SMILES string of the molecule is CCNc1nc(-c2ccc(Cl)c(C)c2)c(-c2ccnc(Nc3ccc(OCCN4CCCC4)c(Cl)c3)n2)s1. The zero-order valence-electron chi connectivity index (χ0n) is 21.4. The van der Waals surface area contributed by atoms with Crippen molar-refractivity contribution in [3.8, 4) is 27.6 Å². The van der Waals surface area contributed by atoms with Crippen molar-refractivity contribution in [1.82, 2.24) is 19.9 Å². The summed E-state index contributed by atoms with van der Waals surface area (Å²) in [5, 5.41) is 8.71. The minimum Gasteiger partial charge on any atom is -0.491 e. The first-order chi connectivity index (χ1) is 18.5. The number of nitrogens with one attached hydrogen (secondary N) is 2. The molecule has 1 fully saturated rings. The summed E-state index contributed by atoms with van der Waals surface area (Å²) in [7, 11) is 0. The van der Waals surface area contributed by atoms with Crippen LogP contribution in [0, 0.1) is 6.92 Å². The Bertz CT molecular complexity index is 1410. The number of halogens is 2. The van der Waals surface area contributed by atoms with Gasteiger partial charge in [-0.2, -0.15) is 0 Å². The van der Waals surface area contributed by atoms with Crippen LogP contribution in [0.5, 0.6) is 5.75 Å². The van der Waals surface area contributed by atoms with E-state index in [2.05, 4.69) is 27.4 Å². The van der Waals surface area contributed by atoms with Crippen LogP contribution in [0.25, 0.3) is 21.8 Å². The summed E-state index contributed by atoms with van der Waals surface area (Å²) >= 11 is 14.4. The molecule has 1 aliphatic heterocycles. The fourth-order valence-electron chi connectivity index (χ4n) is 4.37. The first-order valence-corrected chi connectivity index (χ1v) is 14.3. The highest BCUT2D eigenvalue weighted by molar-refractivity contribution is 7.19. The number of aromatic nitrogens is 3. The fourth-order valence-corrected chi connectivity index (χ4v) is 5.75. The molecule has 2 aromatic heterocycles. The van der Waals surface area contributed by atoms with E-state index in [1.165, 1.54) is 12.8 Å². The van der Waals surface area contributed by atoms with Crippen LogP contribution in [0.4, 0.5) is 16.8 Å². The zero-order valence-corrected chi connectivity index (χ0v) is 23.8. The van der Waals surface area contributed by atoms with E-state index in [-0.39, 0.29) is 0 Å². The lowest BCUT2D eigenvalue weighted by molar-refractivity contribution is 0.238. The molecular formula is C28H30Cl2N6OS. The summed E-state index contributed by atoms with van der Waals surface area (Å²) in [4.78, 5) is 17.4. The van der Waals surface area contributed by atoms with Gasteiger partial charge in [-0.15, -0.1) is 0 Å². The summed E-state index contributed by atoms with van der Waals surface area (Å²) in [6.07, 6.45) is 4.28. The molecule has 198 valence electrons. The zero-order chi connectivity index (χ0) is 26.5. The van der Waals surface area contributed by atoms with E-state index in [1.54, 1.807) is 17.5 Å². The molecular weight excluding hydrogens is 539 g/mol. The molecule has 0 radical (unpaired) electrons. The van der Waals surface area contributed by atoms with Gasteiger partial charge in [0, 0.05) is 35.6 Å². The summed E-state index contributed by atoms with van der Waals surface area (Å²) in [6, 6.07) is 13.5. The van der Waals surface area contributed by atoms with Crippen molar-refractivity contribution in [2.24, 2.45) is 0 Å². The number of anilines is 3. The minimum absolute atomic E-state index is 0.470. The smallest absolute Gasteiger partial charge is 0.227 e. The Kier molecular flexibility index (Phi) is 8.64. The van der Waals surface area contributed by atoms with Gasteiger partial charge in [0.1, 0.15) is 12.4 Å². The van der Waals surface area contributed by atoms with Crippen molar-refractivity contribution in [2.45, 2.75) is 26.7 Å². The third-order valence-electron chi connectivity index (χ3n) is 6.33. The average Bonchev–Trinajstić information content (AvgIpc) is 3.58. The Morgan fingerprint density at radius 3 is 2.63 bits per heavy atom. The maximum Gasteiger partial charge on any atom is 0.227 e. The van der Waals surface area contributed by atoms with Crippen LogP contribution < -0.4 is 15.4 Å². The van der Waals surface area contributed by atoms with E-state index >= 15 is 0 Å². The van der Waals surface area contributed by atoms with Crippen LogP contribution in [0.2, 0.25) is 10.0 Å². The Morgan fingerprint density at radius 1 is 1.03 bits per heavy atom. The van der Waals surface area contributed by atoms with Gasteiger partial charge in [0.05, 0.1) is 21.3 Å². The summed E-state index contributed by atoms with van der Waals surface area (Å²) in [5.74, 6) is 1.15. The number of nitrogens with zero attached hydrogens (tertiary/aromatic N) is 4. The van der Waals surface area contributed by atoms with Crippen molar-refractivity contribution in [1.29, 1.82) is 0 Å². The largest absolute Gasteiger partial charge is 0.491 e. The third kappa shape index (κ3) is 6.38. The number of likely N-dealkylation sites (tertiary alicyclic amines) is 1. The molecule has 0 amide bonds. The van der Waals surface area contributed by atoms with Gasteiger partial charge in [0.15, 0.2) is 5.13 Å². The number of rotatable bonds is 10. The standard InChI is InChI=1S/C28H30Cl2N6OS/c1-3-31-28-35-25(19-6-8-21(29)18(2)16-19)26(38-28)23-10-11-32-27(34-23)33-20-7-9-24(22(30)17-20)37-15-14-36-12-4-5-13-36/h6-11,16-17H,3-5,12-15H2,1-2H3,(H,31,35)(H,32,33,34). The fraction of sp³-hybridized carbons (Fsp3) is 0.321. The van der Waals surface area contributed by atoms with Gasteiger partial charge in [0.2, 0.25) is 5.95 Å². The molecule has 0 aliphatic carbocycles. The predicted octanol–water partition coefficient (Wildman–Crippen LogP) is 7.53. The number of aryl methyl sites for hydroxylation is 1. The molecule has 38 heavy (non-hydrogen) atoms. The maximum absolute atomic E-state index is 6.52. The highest BCUT2D eigenvalue weighted by Gasteiger charge is 2.18. The highest BCUT2D eigenvalue weighted by atomic mass is 35.5. The van der Waals surface area contributed by atoms with Crippen molar-refractivity contribution < 1.29 is 4.74 Å². The Balaban J connectivity index is 1.34. The topological polar surface area (TPSA) is 75.2 Å². The Labute approximate surface area is 237 Å². The van der Waals surface area contributed by atoms with Gasteiger partial charge in [-0.05, 0) is 81.7 Å². The van der Waals surface area contributed by atoms with Gasteiger partial charge < -0.3 is 15.4 Å². The minimum atomic E-state index is 0.470. The van der Waals surface area contributed by atoms with Crippen molar-refractivity contribution in [3.05, 3.63) is 64.3 Å². The Hall–Kier alpha value is -2.91. The molecule has 7 nitrogen and oxygen atoms in total. The molecule has 3 heterocycles. The van der Waals surface area contributed by atoms with Gasteiger partial charge in [-0.25, -0.2) is 15.0 Å². The van der Waals surface area contributed by atoms with Crippen LogP contribution in [0.15, 0.2) is 48.7 Å². The van der Waals surface area contributed by atoms with E-state index in [0.29, 0.717) is 23.3 Å². The normalized spacial score (nSPS) is 13.6. The summed E-state index contributed by atoms with van der Waals surface area (Å²) in [6.45, 7) is 8.66. The lowest BCUT2D eigenvalue weighted by atomic mass is 10.1. The lowest BCUT2D eigenvalue weighted by Crippen LogP contribution is -2.25. The first-order valence-electron chi connectivity index (χ1n) is 12.8. The number of ether oxygens (including phenoxy) is 1. The molecule has 2 aromatic carbocycles. The van der Waals surface area contributed by atoms with Crippen molar-refractivity contribution >= 4 is 51.3 Å². The average molecular weight is 570 g/mol. The van der Waals surface area contributed by atoms with Crippen LogP contribution >= 0.6 is 34.5 Å². The summed E-state index contributed by atoms with van der Waals surface area (Å²) < 4.78 is 5.92. The van der Waals surface area contributed by atoms with E-state index < -0.39 is 0 Å². The molecule has 2 N–H and O–H groups in total. The molecule has 4 aromatic rings. The number of benzene rings is 2. The highest BCUT2D eigenvalue weighted by Crippen LogP contribution is 2.39. The van der Waals surface area contributed by atoms with Crippen molar-refractivity contribution in [2.75, 3.05) is 43.4 Å². The number of thiazole rings is 1. The predicted molar refractivity (Wildman–Crippen MR) is 158 cm³/mol. The maximum atomic E-state index is 6.52. The molecule has 1 saturated heterocycles. The second-order valence-electron chi connectivity index (χ2n) is 9.12. The molecule has 0 saturated carbocycles. The van der Waals surface area contributed by atoms with Crippen molar-refractivity contribution in [3.63, 3.8) is 0 Å². The van der Waals surface area contributed by atoms with E-state index in [0.717, 1.165) is 69.4 Å². The second kappa shape index (κ2) is 12.3. The molecule has 1 aliphatic rings. The van der Waals surface area contributed by atoms with E-state index in [9.17, 15) is 0 Å². The second-order valence-corrected chi connectivity index (χ2v) is 10.9. The lowest BCUT2D eigenvalue weighted by Gasteiger charge is -2.16. The van der Waals surface area contributed by atoms with Gasteiger partial charge in [-0.3, -0.25) is 4.90 Å². The number of hydrogen-bond donors (Lipinski definition) is 2. The van der Waals surface area contributed by atoms with Crippen LogP contribution in [0.1, 0.15) is 25.3 Å². The van der Waals surface area contributed by atoms with Crippen LogP contribution in [-0.2, 0) is 0 Å². The summed E-state index contributed by atoms with van der Waals surface area (Å²) in [5.41, 5.74) is 4.40. The molecule has 5 rings (SSSR count). The first kappa shape index (κ1) is 26.7. The monoisotopic (exact) mass is 568 g/mol. The quantitative estimate of drug-likeness (QED) is 0.204. The van der Waals surface area contributed by atoms with Crippen LogP contribution in [-0.4, -0.2) is 52.6 Å². The molecule has 0 atom stereocenters. The molecule has 0 unspecified atom stereocenters.